The van der Waals surface area contributed by atoms with Crippen molar-refractivity contribution in [3.8, 4) is 11.5 Å². The van der Waals surface area contributed by atoms with Crippen molar-refractivity contribution in [1.29, 1.82) is 0 Å². The number of aryl methyl sites for hydroxylation is 1. The second-order valence-electron chi connectivity index (χ2n) is 9.32. The van der Waals surface area contributed by atoms with E-state index in [2.05, 4.69) is 10.6 Å². The number of nitrogens with two attached hydrogens (primary N) is 1. The van der Waals surface area contributed by atoms with Crippen molar-refractivity contribution < 1.29 is 23.8 Å². The number of benzene rings is 4. The molecule has 0 aliphatic heterocycles. The first-order valence-corrected chi connectivity index (χ1v) is 13.0. The molecule has 210 valence electrons. The van der Waals surface area contributed by atoms with E-state index >= 15 is 0 Å². The van der Waals surface area contributed by atoms with Crippen LogP contribution in [0.2, 0.25) is 0 Å². The molecule has 0 aromatic heterocycles. The highest BCUT2D eigenvalue weighted by atomic mass is 16.5. The zero-order valence-corrected chi connectivity index (χ0v) is 23.3. The third-order valence-electron chi connectivity index (χ3n) is 6.39. The molecule has 4 aromatic rings. The van der Waals surface area contributed by atoms with E-state index in [1.54, 1.807) is 62.8 Å². The first-order valence-electron chi connectivity index (χ1n) is 13.0. The maximum absolute atomic E-state index is 12.6. The molecule has 4 N–H and O–H groups in total. The number of para-hydroxylation sites is 2. The summed E-state index contributed by atoms with van der Waals surface area (Å²) in [5.41, 5.74) is 12.0. The first-order chi connectivity index (χ1) is 19.9. The number of ether oxygens (including phenoxy) is 3. The van der Waals surface area contributed by atoms with E-state index in [-0.39, 0.29) is 19.1 Å². The minimum Gasteiger partial charge on any atom is -0.493 e. The molecule has 0 heterocycles. The number of carbonyl (C=O) groups excluding carboxylic acids is 2. The van der Waals surface area contributed by atoms with Gasteiger partial charge in [-0.15, -0.1) is 0 Å². The van der Waals surface area contributed by atoms with Gasteiger partial charge in [-0.1, -0.05) is 60.2 Å². The van der Waals surface area contributed by atoms with E-state index in [0.717, 1.165) is 27.8 Å². The molecule has 0 spiro atoms. The number of rotatable bonds is 10. The second-order valence-corrected chi connectivity index (χ2v) is 9.32. The van der Waals surface area contributed by atoms with Crippen LogP contribution >= 0.6 is 0 Å². The van der Waals surface area contributed by atoms with Crippen molar-refractivity contribution >= 4 is 35.0 Å². The van der Waals surface area contributed by atoms with Crippen LogP contribution in [-0.4, -0.2) is 32.8 Å². The van der Waals surface area contributed by atoms with Gasteiger partial charge in [0.05, 0.1) is 25.6 Å². The van der Waals surface area contributed by atoms with Gasteiger partial charge in [-0.2, -0.15) is 0 Å². The maximum Gasteiger partial charge on any atom is 0.407 e. The molecule has 41 heavy (non-hydrogen) atoms. The molecular weight excluding hydrogens is 518 g/mol. The topological polar surface area (TPSA) is 112 Å². The molecule has 0 saturated heterocycles. The van der Waals surface area contributed by atoms with E-state index in [9.17, 15) is 9.59 Å². The fourth-order valence-corrected chi connectivity index (χ4v) is 4.07. The Kier molecular flexibility index (Phi) is 9.62. The smallest absolute Gasteiger partial charge is 0.407 e. The van der Waals surface area contributed by atoms with Gasteiger partial charge in [0.1, 0.15) is 6.61 Å². The third kappa shape index (κ3) is 7.89. The summed E-state index contributed by atoms with van der Waals surface area (Å²) in [6.07, 6.45) is 1.39. The average molecular weight is 552 g/mol. The summed E-state index contributed by atoms with van der Waals surface area (Å²) in [6.45, 7) is 2.32. The molecule has 2 amide bonds. The Morgan fingerprint density at radius 3 is 2.20 bits per heavy atom. The van der Waals surface area contributed by atoms with Crippen LogP contribution in [0, 0.1) is 6.92 Å². The van der Waals surface area contributed by atoms with Crippen molar-refractivity contribution in [3.63, 3.8) is 0 Å². The lowest BCUT2D eigenvalue weighted by Crippen LogP contribution is -2.24. The highest BCUT2D eigenvalue weighted by Gasteiger charge is 2.11. The third-order valence-corrected chi connectivity index (χ3v) is 6.39. The lowest BCUT2D eigenvalue weighted by atomic mass is 10.0. The number of alkyl carbamates (subject to hydrolysis) is 1. The van der Waals surface area contributed by atoms with Crippen molar-refractivity contribution in [2.45, 2.75) is 13.5 Å². The Bertz CT molecular complexity index is 1530. The van der Waals surface area contributed by atoms with E-state index < -0.39 is 6.09 Å². The van der Waals surface area contributed by atoms with Crippen LogP contribution in [0.3, 0.4) is 0 Å². The van der Waals surface area contributed by atoms with E-state index in [1.165, 1.54) is 0 Å². The highest BCUT2D eigenvalue weighted by molar-refractivity contribution is 6.05. The summed E-state index contributed by atoms with van der Waals surface area (Å²) in [5.74, 6) is 0.967. The summed E-state index contributed by atoms with van der Waals surface area (Å²) in [7, 11) is 3.17. The number of hydrogen-bond acceptors (Lipinski definition) is 6. The molecule has 0 saturated carbocycles. The number of nitrogens with one attached hydrogen (secondary N) is 2. The van der Waals surface area contributed by atoms with Gasteiger partial charge in [0.2, 0.25) is 0 Å². The minimum atomic E-state index is -0.559. The van der Waals surface area contributed by atoms with Gasteiger partial charge < -0.3 is 30.6 Å². The molecule has 0 aliphatic carbocycles. The molecule has 0 radical (unpaired) electrons. The molecule has 4 aromatic carbocycles. The van der Waals surface area contributed by atoms with E-state index in [1.807, 2.05) is 55.5 Å². The number of amides is 2. The zero-order chi connectivity index (χ0) is 29.2. The normalized spacial score (nSPS) is 11.0. The summed E-state index contributed by atoms with van der Waals surface area (Å²) in [5, 5.41) is 5.56. The van der Waals surface area contributed by atoms with Crippen molar-refractivity contribution in [3.05, 3.63) is 119 Å². The molecule has 8 heteroatoms. The largest absolute Gasteiger partial charge is 0.493 e. The van der Waals surface area contributed by atoms with Crippen LogP contribution in [0.1, 0.15) is 32.6 Å². The van der Waals surface area contributed by atoms with Crippen molar-refractivity contribution in [2.24, 2.45) is 0 Å². The molecule has 8 nitrogen and oxygen atoms in total. The Hall–Kier alpha value is -5.24. The Balaban J connectivity index is 1.37. The minimum absolute atomic E-state index is 0.0605. The highest BCUT2D eigenvalue weighted by Crippen LogP contribution is 2.29. The van der Waals surface area contributed by atoms with Crippen molar-refractivity contribution in [1.82, 2.24) is 5.32 Å². The lowest BCUT2D eigenvalue weighted by molar-refractivity contribution is 0.102. The van der Waals surface area contributed by atoms with Gasteiger partial charge in [0.25, 0.3) is 5.91 Å². The van der Waals surface area contributed by atoms with Crippen LogP contribution < -0.4 is 25.8 Å². The van der Waals surface area contributed by atoms with Gasteiger partial charge in [-0.3, -0.25) is 4.79 Å². The number of anilines is 2. The Morgan fingerprint density at radius 1 is 0.829 bits per heavy atom. The lowest BCUT2D eigenvalue weighted by Gasteiger charge is -2.13. The molecular formula is C33H33N3O5. The predicted molar refractivity (Wildman–Crippen MR) is 162 cm³/mol. The van der Waals surface area contributed by atoms with Crippen LogP contribution in [0.25, 0.3) is 11.6 Å². The molecule has 4 rings (SSSR count). The average Bonchev–Trinajstić information content (AvgIpc) is 2.99. The van der Waals surface area contributed by atoms with Crippen LogP contribution in [-0.2, 0) is 11.3 Å². The summed E-state index contributed by atoms with van der Waals surface area (Å²) >= 11 is 0. The van der Waals surface area contributed by atoms with Gasteiger partial charge in [0, 0.05) is 12.1 Å². The molecule has 0 atom stereocenters. The monoisotopic (exact) mass is 551 g/mol. The van der Waals surface area contributed by atoms with Crippen molar-refractivity contribution in [2.75, 3.05) is 31.9 Å². The molecule has 0 unspecified atom stereocenters. The molecule has 0 aliphatic rings. The fourth-order valence-electron chi connectivity index (χ4n) is 4.07. The standard InChI is InChI=1S/C33H33N3O5/c1-22-8-13-25(14-9-22)27(18-24-12-17-30(39-2)31(19-24)40-3)21-41-33(38)35-20-23-10-15-26(16-11-23)32(37)36-29-7-5-4-6-28(29)34/h4-19H,20-21,34H2,1-3H3,(H,35,38)(H,36,37)/b27-18-. The molecule has 0 fully saturated rings. The van der Waals surface area contributed by atoms with Gasteiger partial charge in [-0.05, 0) is 71.7 Å². The van der Waals surface area contributed by atoms with Crippen LogP contribution in [0.15, 0.2) is 91.0 Å². The Morgan fingerprint density at radius 2 is 1.51 bits per heavy atom. The van der Waals surface area contributed by atoms with Gasteiger partial charge in [0.15, 0.2) is 11.5 Å². The Labute approximate surface area is 239 Å². The van der Waals surface area contributed by atoms with E-state index in [4.69, 9.17) is 19.9 Å². The SMILES string of the molecule is COc1ccc(/C=C(/COC(=O)NCc2ccc(C(=O)Nc3ccccc3N)cc2)c2ccc(C)cc2)cc1OC. The summed E-state index contributed by atoms with van der Waals surface area (Å²) < 4.78 is 16.3. The first kappa shape index (κ1) is 28.8. The number of carbonyl (C=O) groups is 2. The van der Waals surface area contributed by atoms with Gasteiger partial charge >= 0.3 is 6.09 Å². The van der Waals surface area contributed by atoms with Gasteiger partial charge in [-0.25, -0.2) is 4.79 Å². The summed E-state index contributed by atoms with van der Waals surface area (Å²) in [6, 6.07) is 27.6. The quantitative estimate of drug-likeness (QED) is 0.157. The number of methoxy groups -OCH3 is 2. The van der Waals surface area contributed by atoms with Crippen LogP contribution in [0.4, 0.5) is 16.2 Å². The fraction of sp³-hybridized carbons (Fsp3) is 0.152. The van der Waals surface area contributed by atoms with Crippen LogP contribution in [0.5, 0.6) is 11.5 Å². The summed E-state index contributed by atoms with van der Waals surface area (Å²) in [4.78, 5) is 25.1. The maximum atomic E-state index is 12.6. The second kappa shape index (κ2) is 13.7. The predicted octanol–water partition coefficient (Wildman–Crippen LogP) is 6.31. The molecule has 0 bridgehead atoms. The van der Waals surface area contributed by atoms with E-state index in [0.29, 0.717) is 28.4 Å². The zero-order valence-electron chi connectivity index (χ0n) is 23.3. The number of hydrogen-bond donors (Lipinski definition) is 3. The number of nitrogen functional groups attached to an aromatic ring is 1.